The molecule has 1 aliphatic carbocycles. The first-order chi connectivity index (χ1) is 8.84. The largest absolute Gasteiger partial charge is 0.354 e. The molecule has 4 heteroatoms. The van der Waals surface area contributed by atoms with Crippen LogP contribution in [0.1, 0.15) is 24.3 Å². The maximum absolute atomic E-state index is 12.1. The summed E-state index contributed by atoms with van der Waals surface area (Å²) in [7, 11) is 0. The molecule has 1 aliphatic heterocycles. The zero-order valence-corrected chi connectivity index (χ0v) is 11.1. The van der Waals surface area contributed by atoms with E-state index in [1.165, 1.54) is 23.3 Å². The minimum Gasteiger partial charge on any atom is -0.354 e. The normalized spacial score (nSPS) is 21.7. The molecule has 1 amide bonds. The SMILES string of the molecule is O=C(NCCNC1CC1)C1CSc2ccccc21. The maximum Gasteiger partial charge on any atom is 0.228 e. The smallest absolute Gasteiger partial charge is 0.228 e. The number of fused-ring (bicyclic) bond motifs is 1. The monoisotopic (exact) mass is 262 g/mol. The summed E-state index contributed by atoms with van der Waals surface area (Å²) in [6.07, 6.45) is 2.58. The molecule has 1 heterocycles. The van der Waals surface area contributed by atoms with Crippen molar-refractivity contribution in [2.24, 2.45) is 0 Å². The highest BCUT2D eigenvalue weighted by Crippen LogP contribution is 2.39. The van der Waals surface area contributed by atoms with E-state index in [1.54, 1.807) is 11.8 Å². The number of carbonyl (C=O) groups is 1. The van der Waals surface area contributed by atoms with E-state index in [4.69, 9.17) is 0 Å². The Labute approximate surface area is 112 Å². The number of benzene rings is 1. The van der Waals surface area contributed by atoms with Gasteiger partial charge in [-0.05, 0) is 24.5 Å². The molecule has 96 valence electrons. The van der Waals surface area contributed by atoms with E-state index in [2.05, 4.69) is 22.8 Å². The third kappa shape index (κ3) is 2.70. The van der Waals surface area contributed by atoms with E-state index in [-0.39, 0.29) is 11.8 Å². The van der Waals surface area contributed by atoms with Crippen molar-refractivity contribution in [3.05, 3.63) is 29.8 Å². The van der Waals surface area contributed by atoms with Crippen LogP contribution in [0.25, 0.3) is 0 Å². The second-order valence-corrected chi connectivity index (χ2v) is 5.98. The fourth-order valence-corrected chi connectivity index (χ4v) is 3.48. The molecule has 1 atom stereocenters. The summed E-state index contributed by atoms with van der Waals surface area (Å²) in [6, 6.07) is 8.93. The van der Waals surface area contributed by atoms with Gasteiger partial charge in [0.1, 0.15) is 0 Å². The quantitative estimate of drug-likeness (QED) is 0.794. The van der Waals surface area contributed by atoms with E-state index < -0.39 is 0 Å². The van der Waals surface area contributed by atoms with Crippen molar-refractivity contribution in [2.45, 2.75) is 29.7 Å². The predicted molar refractivity (Wildman–Crippen MR) is 73.9 cm³/mol. The Morgan fingerprint density at radius 2 is 2.11 bits per heavy atom. The van der Waals surface area contributed by atoms with Gasteiger partial charge in [-0.3, -0.25) is 4.79 Å². The summed E-state index contributed by atoms with van der Waals surface area (Å²) < 4.78 is 0. The van der Waals surface area contributed by atoms with Crippen LogP contribution in [0.4, 0.5) is 0 Å². The van der Waals surface area contributed by atoms with Gasteiger partial charge in [0, 0.05) is 29.8 Å². The third-order valence-corrected chi connectivity index (χ3v) is 4.63. The Morgan fingerprint density at radius 3 is 2.94 bits per heavy atom. The highest BCUT2D eigenvalue weighted by Gasteiger charge is 2.28. The van der Waals surface area contributed by atoms with E-state index in [0.29, 0.717) is 6.04 Å². The van der Waals surface area contributed by atoms with Crippen molar-refractivity contribution in [1.29, 1.82) is 0 Å². The summed E-state index contributed by atoms with van der Waals surface area (Å²) in [5.74, 6) is 1.08. The molecule has 1 saturated carbocycles. The summed E-state index contributed by atoms with van der Waals surface area (Å²) in [5, 5.41) is 6.44. The summed E-state index contributed by atoms with van der Waals surface area (Å²) >= 11 is 1.78. The molecule has 1 unspecified atom stereocenters. The minimum absolute atomic E-state index is 0.0344. The third-order valence-electron chi connectivity index (χ3n) is 3.45. The molecule has 3 nitrogen and oxygen atoms in total. The molecule has 3 rings (SSSR count). The van der Waals surface area contributed by atoms with Crippen LogP contribution in [0.3, 0.4) is 0 Å². The number of rotatable bonds is 5. The van der Waals surface area contributed by atoms with E-state index >= 15 is 0 Å². The number of hydrogen-bond acceptors (Lipinski definition) is 3. The second kappa shape index (κ2) is 5.33. The number of amides is 1. The van der Waals surface area contributed by atoms with Gasteiger partial charge in [0.25, 0.3) is 0 Å². The van der Waals surface area contributed by atoms with E-state index in [0.717, 1.165) is 18.8 Å². The highest BCUT2D eigenvalue weighted by molar-refractivity contribution is 7.99. The molecule has 2 N–H and O–H groups in total. The van der Waals surface area contributed by atoms with Crippen molar-refractivity contribution < 1.29 is 4.79 Å². The number of nitrogens with one attached hydrogen (secondary N) is 2. The van der Waals surface area contributed by atoms with Crippen LogP contribution >= 0.6 is 11.8 Å². The first kappa shape index (κ1) is 12.1. The summed E-state index contributed by atoms with van der Waals surface area (Å²) in [4.78, 5) is 13.4. The first-order valence-electron chi connectivity index (χ1n) is 6.57. The molecule has 0 aromatic heterocycles. The highest BCUT2D eigenvalue weighted by atomic mass is 32.2. The van der Waals surface area contributed by atoms with Gasteiger partial charge in [-0.25, -0.2) is 0 Å². The maximum atomic E-state index is 12.1. The van der Waals surface area contributed by atoms with E-state index in [1.807, 2.05) is 12.1 Å². The lowest BCUT2D eigenvalue weighted by molar-refractivity contribution is -0.122. The van der Waals surface area contributed by atoms with Gasteiger partial charge in [-0.1, -0.05) is 18.2 Å². The predicted octanol–water partition coefficient (Wildman–Crippen LogP) is 1.74. The number of hydrogen-bond donors (Lipinski definition) is 2. The van der Waals surface area contributed by atoms with Gasteiger partial charge < -0.3 is 10.6 Å². The molecule has 0 spiro atoms. The lowest BCUT2D eigenvalue weighted by atomic mass is 10.0. The molecule has 1 aromatic carbocycles. The molecule has 18 heavy (non-hydrogen) atoms. The molecule has 0 radical (unpaired) electrons. The Bertz CT molecular complexity index is 445. The molecule has 0 bridgehead atoms. The topological polar surface area (TPSA) is 41.1 Å². The molecule has 1 aromatic rings. The fourth-order valence-electron chi connectivity index (χ4n) is 2.25. The fraction of sp³-hybridized carbons (Fsp3) is 0.500. The number of carbonyl (C=O) groups excluding carboxylic acids is 1. The van der Waals surface area contributed by atoms with Gasteiger partial charge >= 0.3 is 0 Å². The van der Waals surface area contributed by atoms with Gasteiger partial charge in [-0.2, -0.15) is 0 Å². The van der Waals surface area contributed by atoms with Crippen LogP contribution < -0.4 is 10.6 Å². The van der Waals surface area contributed by atoms with Crippen LogP contribution in [-0.2, 0) is 4.79 Å². The van der Waals surface area contributed by atoms with Crippen molar-refractivity contribution >= 4 is 17.7 Å². The Balaban J connectivity index is 1.50. The van der Waals surface area contributed by atoms with Crippen LogP contribution in [-0.4, -0.2) is 30.8 Å². The first-order valence-corrected chi connectivity index (χ1v) is 7.56. The zero-order chi connectivity index (χ0) is 12.4. The molecule has 1 fully saturated rings. The van der Waals surface area contributed by atoms with Crippen molar-refractivity contribution in [2.75, 3.05) is 18.8 Å². The van der Waals surface area contributed by atoms with Gasteiger partial charge in [0.15, 0.2) is 0 Å². The van der Waals surface area contributed by atoms with Gasteiger partial charge in [0.05, 0.1) is 5.92 Å². The molecule has 2 aliphatic rings. The minimum atomic E-state index is 0.0344. The van der Waals surface area contributed by atoms with Crippen molar-refractivity contribution in [1.82, 2.24) is 10.6 Å². The second-order valence-electron chi connectivity index (χ2n) is 4.92. The van der Waals surface area contributed by atoms with Crippen LogP contribution in [0, 0.1) is 0 Å². The lowest BCUT2D eigenvalue weighted by Gasteiger charge is -2.11. The van der Waals surface area contributed by atoms with Crippen LogP contribution in [0.2, 0.25) is 0 Å². The average molecular weight is 262 g/mol. The van der Waals surface area contributed by atoms with Gasteiger partial charge in [0.2, 0.25) is 5.91 Å². The average Bonchev–Trinajstić information content (AvgIpc) is 3.11. The standard InChI is InChI=1S/C14H18N2OS/c17-14(16-8-7-15-10-5-6-10)12-9-18-13-4-2-1-3-11(12)13/h1-4,10,12,15H,5-9H2,(H,16,17). The summed E-state index contributed by atoms with van der Waals surface area (Å²) in [5.41, 5.74) is 1.19. The molecular weight excluding hydrogens is 244 g/mol. The van der Waals surface area contributed by atoms with Gasteiger partial charge in [-0.15, -0.1) is 11.8 Å². The van der Waals surface area contributed by atoms with E-state index in [9.17, 15) is 4.79 Å². The molecule has 0 saturated heterocycles. The Morgan fingerprint density at radius 1 is 1.28 bits per heavy atom. The summed E-state index contributed by atoms with van der Waals surface area (Å²) in [6.45, 7) is 1.62. The molecular formula is C14H18N2OS. The van der Waals surface area contributed by atoms with Crippen LogP contribution in [0.5, 0.6) is 0 Å². The lowest BCUT2D eigenvalue weighted by Crippen LogP contribution is -2.35. The Hall–Kier alpha value is -1.00. The Kier molecular flexibility index (Phi) is 3.57. The van der Waals surface area contributed by atoms with Crippen molar-refractivity contribution in [3.8, 4) is 0 Å². The zero-order valence-electron chi connectivity index (χ0n) is 10.3. The van der Waals surface area contributed by atoms with Crippen molar-refractivity contribution in [3.63, 3.8) is 0 Å². The van der Waals surface area contributed by atoms with Crippen LogP contribution in [0.15, 0.2) is 29.2 Å². The number of thioether (sulfide) groups is 1.